The molecule has 1 aromatic rings. The molecule has 0 saturated carbocycles. The maximum atomic E-state index is 13.5. The highest BCUT2D eigenvalue weighted by atomic mass is 16.7. The Morgan fingerprint density at radius 1 is 0.618 bits per heavy atom. The molecule has 3 rings (SSSR count). The summed E-state index contributed by atoms with van der Waals surface area (Å²) in [6.07, 6.45) is -4.58. The Balaban J connectivity index is 1.30. The lowest BCUT2D eigenvalue weighted by Gasteiger charge is -2.47. The molecule has 2 aliphatic rings. The van der Waals surface area contributed by atoms with Gasteiger partial charge in [-0.05, 0) is 45.1 Å². The maximum Gasteiger partial charge on any atom is 0.303 e. The van der Waals surface area contributed by atoms with Crippen LogP contribution in [-0.2, 0) is 63.7 Å². The number of carbonyl (C=O) groups excluding carboxylic acids is 7. The first-order valence-corrected chi connectivity index (χ1v) is 26.2. The predicted molar refractivity (Wildman–Crippen MR) is 269 cm³/mol. The minimum absolute atomic E-state index is 0.0154. The van der Waals surface area contributed by atoms with E-state index in [-0.39, 0.29) is 51.0 Å². The zero-order valence-electron chi connectivity index (χ0n) is 43.8. The van der Waals surface area contributed by atoms with Gasteiger partial charge in [0.25, 0.3) is 0 Å². The van der Waals surface area contributed by atoms with Crippen LogP contribution in [0.2, 0.25) is 0 Å². The SMILES string of the molecule is CC(=O)CCCC(=O)N[C@@H](Cc1ccccc1)C(=O)N[C@@H](CCC(=O)O)C(=O)N[C@@H](C)C(=O)NCC(=O)NCCCCCCCCCCCCO[C@@H]1O[C@H](CO)[C@@H](O[C@@H]2O[C@H](CO)[C@H](O)[C@H](O)[C@H]2O)[C@H](O)[C@H]1NC(C)=O. The number of amides is 6. The first-order chi connectivity index (χ1) is 36.2. The van der Waals surface area contributed by atoms with E-state index in [1.807, 2.05) is 0 Å². The molecule has 76 heavy (non-hydrogen) atoms. The van der Waals surface area contributed by atoms with Crippen LogP contribution in [0.25, 0.3) is 0 Å². The van der Waals surface area contributed by atoms with E-state index in [9.17, 15) is 74.1 Å². The zero-order valence-corrected chi connectivity index (χ0v) is 43.8. The first-order valence-electron chi connectivity index (χ1n) is 26.2. The van der Waals surface area contributed by atoms with Crippen molar-refractivity contribution in [2.75, 3.05) is 32.9 Å². The van der Waals surface area contributed by atoms with E-state index < -0.39 is 141 Å². The van der Waals surface area contributed by atoms with E-state index in [1.54, 1.807) is 30.3 Å². The van der Waals surface area contributed by atoms with Crippen LogP contribution < -0.4 is 31.9 Å². The lowest BCUT2D eigenvalue weighted by atomic mass is 9.95. The summed E-state index contributed by atoms with van der Waals surface area (Å²) < 4.78 is 22.9. The van der Waals surface area contributed by atoms with Crippen LogP contribution in [0, 0.1) is 0 Å². The Morgan fingerprint density at radius 2 is 1.22 bits per heavy atom. The summed E-state index contributed by atoms with van der Waals surface area (Å²) in [5.41, 5.74) is 0.705. The van der Waals surface area contributed by atoms with Gasteiger partial charge in [0.1, 0.15) is 72.7 Å². The van der Waals surface area contributed by atoms with Gasteiger partial charge in [-0.3, -0.25) is 33.6 Å². The molecule has 0 spiro atoms. The van der Waals surface area contributed by atoms with Crippen molar-refractivity contribution in [2.45, 2.75) is 203 Å². The molecule has 2 aliphatic heterocycles. The number of hydrogen-bond acceptors (Lipinski definition) is 18. The van der Waals surface area contributed by atoms with Crippen LogP contribution in [0.1, 0.15) is 123 Å². The van der Waals surface area contributed by atoms with Crippen LogP contribution in [0.3, 0.4) is 0 Å². The van der Waals surface area contributed by atoms with Gasteiger partial charge >= 0.3 is 5.97 Å². The number of carbonyl (C=O) groups is 8. The van der Waals surface area contributed by atoms with Crippen LogP contribution >= 0.6 is 0 Å². The monoisotopic (exact) mass is 1080 g/mol. The third-order valence-electron chi connectivity index (χ3n) is 12.9. The molecule has 2 fully saturated rings. The molecule has 25 nitrogen and oxygen atoms in total. The van der Waals surface area contributed by atoms with Gasteiger partial charge in [-0.15, -0.1) is 0 Å². The largest absolute Gasteiger partial charge is 0.481 e. The Hall–Kier alpha value is -5.22. The number of rotatable bonds is 36. The third-order valence-corrected chi connectivity index (χ3v) is 12.9. The van der Waals surface area contributed by atoms with Crippen molar-refractivity contribution < 1.29 is 93.0 Å². The summed E-state index contributed by atoms with van der Waals surface area (Å²) >= 11 is 0. The number of benzene rings is 1. The molecular formula is C51H82N6O19. The number of ether oxygens (including phenoxy) is 4. The molecule has 430 valence electrons. The molecule has 0 unspecified atom stereocenters. The van der Waals surface area contributed by atoms with Gasteiger partial charge in [0, 0.05) is 45.8 Å². The number of nitrogens with one attached hydrogen (secondary N) is 6. The lowest BCUT2D eigenvalue weighted by molar-refractivity contribution is -0.348. The van der Waals surface area contributed by atoms with Crippen LogP contribution in [-0.4, -0.2) is 195 Å². The number of ketones is 1. The summed E-state index contributed by atoms with van der Waals surface area (Å²) in [5, 5.41) is 86.3. The predicted octanol–water partition coefficient (Wildman–Crippen LogP) is -1.75. The standard InChI is InChI=1S/C51H82N6O19/c1-30(60)18-17-21-38(62)56-35(26-33-19-13-12-14-20-33)49(72)57-34(22-23-40(64)65)48(71)54-31(2)47(70)53-27-39(63)52-24-15-10-8-6-4-5-7-9-11-16-25-73-50-41(55-32(3)61)43(67)46(37(29-59)75-50)76-51-45(69)44(68)42(66)36(28-58)74-51/h12-14,19-20,31,34-37,41-46,50-51,58-59,66-69H,4-11,15-18,21-29H2,1-3H3,(H,52,63)(H,53,70)(H,54,71)(H,55,61)(H,56,62)(H,57,72)(H,64,65)/t31-,34-,35-,36+,37+,41+,42-,43+,44-,45+,46+,50+,51-/m0/s1. The number of carboxylic acid groups (broad SMARTS) is 1. The van der Waals surface area contributed by atoms with E-state index in [0.717, 1.165) is 57.8 Å². The van der Waals surface area contributed by atoms with Crippen LogP contribution in [0.15, 0.2) is 30.3 Å². The Kier molecular flexibility index (Phi) is 30.2. The van der Waals surface area contributed by atoms with Crippen molar-refractivity contribution in [1.29, 1.82) is 0 Å². The van der Waals surface area contributed by atoms with Gasteiger partial charge in [0.05, 0.1) is 19.8 Å². The number of aliphatic hydroxyl groups is 6. The van der Waals surface area contributed by atoms with Crippen molar-refractivity contribution in [1.82, 2.24) is 31.9 Å². The highest BCUT2D eigenvalue weighted by Crippen LogP contribution is 2.30. The molecule has 0 bridgehead atoms. The average molecular weight is 1080 g/mol. The summed E-state index contributed by atoms with van der Waals surface area (Å²) in [7, 11) is 0. The fraction of sp³-hybridized carbons (Fsp3) is 0.725. The van der Waals surface area contributed by atoms with Crippen LogP contribution in [0.5, 0.6) is 0 Å². The Morgan fingerprint density at radius 3 is 1.83 bits per heavy atom. The molecule has 25 heteroatoms. The fourth-order valence-electron chi connectivity index (χ4n) is 8.56. The highest BCUT2D eigenvalue weighted by molar-refractivity contribution is 5.95. The number of hydrogen-bond donors (Lipinski definition) is 13. The molecular weight excluding hydrogens is 1000 g/mol. The molecule has 13 atom stereocenters. The lowest BCUT2D eigenvalue weighted by Crippen LogP contribution is -2.67. The molecule has 1 aromatic carbocycles. The molecule has 2 heterocycles. The van der Waals surface area contributed by atoms with E-state index >= 15 is 0 Å². The van der Waals surface area contributed by atoms with Crippen molar-refractivity contribution in [3.8, 4) is 0 Å². The second-order valence-corrected chi connectivity index (χ2v) is 19.3. The van der Waals surface area contributed by atoms with Gasteiger partial charge in [0.15, 0.2) is 12.6 Å². The topological polar surface area (TPSA) is 387 Å². The van der Waals surface area contributed by atoms with E-state index in [2.05, 4.69) is 31.9 Å². The van der Waals surface area contributed by atoms with Gasteiger partial charge in [-0.25, -0.2) is 0 Å². The van der Waals surface area contributed by atoms with Gasteiger partial charge in [-0.1, -0.05) is 81.7 Å². The number of Topliss-reactive ketones (excluding diaryl/α,β-unsaturated/α-hetero) is 1. The Bertz CT molecular complexity index is 1970. The molecule has 0 radical (unpaired) electrons. The van der Waals surface area contributed by atoms with Crippen molar-refractivity contribution in [2.24, 2.45) is 0 Å². The minimum Gasteiger partial charge on any atom is -0.481 e. The van der Waals surface area contributed by atoms with Gasteiger partial charge in [0.2, 0.25) is 35.4 Å². The first kappa shape index (κ1) is 65.1. The smallest absolute Gasteiger partial charge is 0.303 e. The Labute approximate surface area is 442 Å². The summed E-state index contributed by atoms with van der Waals surface area (Å²) in [4.78, 5) is 99.7. The molecule has 0 aromatic heterocycles. The average Bonchev–Trinajstić information content (AvgIpc) is 3.38. The highest BCUT2D eigenvalue weighted by Gasteiger charge is 2.51. The number of aliphatic hydroxyl groups excluding tert-OH is 6. The molecule has 6 amide bonds. The maximum absolute atomic E-state index is 13.5. The fourth-order valence-corrected chi connectivity index (χ4v) is 8.56. The van der Waals surface area contributed by atoms with Gasteiger partial charge < -0.3 is 91.4 Å². The zero-order chi connectivity index (χ0) is 56.2. The second kappa shape index (κ2) is 35.2. The minimum atomic E-state index is -1.77. The summed E-state index contributed by atoms with van der Waals surface area (Å²) in [6.45, 7) is 2.91. The normalized spacial score (nSPS) is 24.5. The number of carboxylic acids is 1. The van der Waals surface area contributed by atoms with Crippen molar-refractivity contribution >= 4 is 47.2 Å². The van der Waals surface area contributed by atoms with Crippen LogP contribution in [0.4, 0.5) is 0 Å². The van der Waals surface area contributed by atoms with Crippen molar-refractivity contribution in [3.63, 3.8) is 0 Å². The van der Waals surface area contributed by atoms with E-state index in [4.69, 9.17) is 18.9 Å². The van der Waals surface area contributed by atoms with E-state index in [1.165, 1.54) is 20.8 Å². The number of aliphatic carboxylic acids is 1. The molecule has 13 N–H and O–H groups in total. The van der Waals surface area contributed by atoms with E-state index in [0.29, 0.717) is 18.5 Å². The second-order valence-electron chi connectivity index (χ2n) is 19.3. The third kappa shape index (κ3) is 23.6. The summed E-state index contributed by atoms with van der Waals surface area (Å²) in [5.74, 6) is -5.02. The molecule has 2 saturated heterocycles. The quantitative estimate of drug-likeness (QED) is 0.0331. The van der Waals surface area contributed by atoms with Crippen molar-refractivity contribution in [3.05, 3.63) is 35.9 Å². The number of unbranched alkanes of at least 4 members (excludes halogenated alkanes) is 9. The molecule has 0 aliphatic carbocycles. The van der Waals surface area contributed by atoms with Gasteiger partial charge in [-0.2, -0.15) is 0 Å². The summed E-state index contributed by atoms with van der Waals surface area (Å²) in [6, 6.07) is 3.95.